The zero-order valence-electron chi connectivity index (χ0n) is 10.1. The van der Waals surface area contributed by atoms with Crippen LogP contribution in [0, 0.1) is 11.3 Å². The quantitative estimate of drug-likeness (QED) is 0.529. The van der Waals surface area contributed by atoms with Crippen molar-refractivity contribution < 1.29 is 4.74 Å². The van der Waals surface area contributed by atoms with Crippen LogP contribution in [0.25, 0.3) is 0 Å². The molecule has 2 aliphatic carbocycles. The van der Waals surface area contributed by atoms with E-state index in [-0.39, 0.29) is 0 Å². The summed E-state index contributed by atoms with van der Waals surface area (Å²) in [6.07, 6.45) is 5.55. The van der Waals surface area contributed by atoms with E-state index in [1.54, 1.807) is 0 Å². The molecular weight excluding hydrogens is 202 g/mol. The van der Waals surface area contributed by atoms with E-state index in [0.717, 1.165) is 6.61 Å². The Morgan fingerprint density at radius 3 is 2.75 bits per heavy atom. The van der Waals surface area contributed by atoms with E-state index in [2.05, 4.69) is 0 Å². The predicted molar refractivity (Wildman–Crippen MR) is 63.2 cm³/mol. The van der Waals surface area contributed by atoms with E-state index in [1.807, 2.05) is 19.0 Å². The van der Waals surface area contributed by atoms with Crippen molar-refractivity contribution in [1.82, 2.24) is 4.90 Å². The molecule has 0 aromatic carbocycles. The Bertz CT molecular complexity index is 322. The van der Waals surface area contributed by atoms with E-state index < -0.39 is 0 Å². The third kappa shape index (κ3) is 1.16. The van der Waals surface area contributed by atoms with Crippen LogP contribution < -0.4 is 5.73 Å². The van der Waals surface area contributed by atoms with Gasteiger partial charge in [0.25, 0.3) is 0 Å². The second-order valence-corrected chi connectivity index (χ2v) is 5.66. The number of aliphatic imine (C=N–C) groups is 1. The second kappa shape index (κ2) is 3.36. The first-order chi connectivity index (χ1) is 7.65. The van der Waals surface area contributed by atoms with Crippen LogP contribution >= 0.6 is 0 Å². The summed E-state index contributed by atoms with van der Waals surface area (Å²) in [4.78, 5) is 6.64. The van der Waals surface area contributed by atoms with Crippen LogP contribution in [0.3, 0.4) is 0 Å². The summed E-state index contributed by atoms with van der Waals surface area (Å²) in [6, 6.07) is 0.427. The number of rotatable bonds is 1. The Hall–Kier alpha value is -0.770. The zero-order valence-corrected chi connectivity index (χ0v) is 10.1. The molecule has 1 saturated heterocycles. The van der Waals surface area contributed by atoms with Crippen molar-refractivity contribution in [3.05, 3.63) is 0 Å². The lowest BCUT2D eigenvalue weighted by Crippen LogP contribution is -2.66. The van der Waals surface area contributed by atoms with Crippen LogP contribution in [-0.2, 0) is 4.74 Å². The van der Waals surface area contributed by atoms with Gasteiger partial charge in [-0.3, -0.25) is 0 Å². The molecule has 3 unspecified atom stereocenters. The highest BCUT2D eigenvalue weighted by molar-refractivity contribution is 5.77. The number of guanidine groups is 1. The monoisotopic (exact) mass is 223 g/mol. The van der Waals surface area contributed by atoms with Gasteiger partial charge in [0.1, 0.15) is 0 Å². The summed E-state index contributed by atoms with van der Waals surface area (Å²) in [5, 5.41) is 0. The number of hydrogen-bond donors (Lipinski definition) is 1. The van der Waals surface area contributed by atoms with Gasteiger partial charge in [-0.15, -0.1) is 0 Å². The van der Waals surface area contributed by atoms with Gasteiger partial charge in [0.05, 0.1) is 12.1 Å². The summed E-state index contributed by atoms with van der Waals surface area (Å²) < 4.78 is 5.86. The van der Waals surface area contributed by atoms with Crippen LogP contribution in [0.2, 0.25) is 0 Å². The summed E-state index contributed by atoms with van der Waals surface area (Å²) in [6.45, 7) is 0.922. The molecule has 2 N–H and O–H groups in total. The zero-order chi connectivity index (χ0) is 11.3. The van der Waals surface area contributed by atoms with Gasteiger partial charge in [0, 0.05) is 32.0 Å². The maximum atomic E-state index is 5.94. The van der Waals surface area contributed by atoms with Crippen molar-refractivity contribution in [1.29, 1.82) is 0 Å². The smallest absolute Gasteiger partial charge is 0.191 e. The highest BCUT2D eigenvalue weighted by Crippen LogP contribution is 2.64. The molecule has 0 aromatic heterocycles. The Labute approximate surface area is 96.8 Å². The lowest BCUT2D eigenvalue weighted by atomic mass is 9.46. The molecule has 1 heterocycles. The molecule has 3 aliphatic rings. The van der Waals surface area contributed by atoms with Crippen molar-refractivity contribution >= 4 is 5.96 Å². The van der Waals surface area contributed by atoms with Crippen LogP contribution in [-0.4, -0.2) is 43.7 Å². The standard InChI is InChI=1S/C12H21N3O/c1-15(2)11(13)14-9-8-4-7-16-10(8)12(9)5-3-6-12/h8-10H,3-7H2,1-2H3,(H2,13,14). The Morgan fingerprint density at radius 1 is 1.44 bits per heavy atom. The van der Waals surface area contributed by atoms with Crippen LogP contribution in [0.15, 0.2) is 4.99 Å². The van der Waals surface area contributed by atoms with E-state index >= 15 is 0 Å². The largest absolute Gasteiger partial charge is 0.377 e. The fraction of sp³-hybridized carbons (Fsp3) is 0.917. The van der Waals surface area contributed by atoms with Gasteiger partial charge in [-0.05, 0) is 19.3 Å². The van der Waals surface area contributed by atoms with Crippen LogP contribution in [0.5, 0.6) is 0 Å². The lowest BCUT2D eigenvalue weighted by molar-refractivity contribution is -0.164. The van der Waals surface area contributed by atoms with Crippen molar-refractivity contribution in [2.75, 3.05) is 20.7 Å². The van der Waals surface area contributed by atoms with E-state index in [9.17, 15) is 0 Å². The van der Waals surface area contributed by atoms with Gasteiger partial charge in [0.15, 0.2) is 5.96 Å². The number of ether oxygens (including phenoxy) is 1. The molecule has 3 fully saturated rings. The fourth-order valence-corrected chi connectivity index (χ4v) is 3.65. The van der Waals surface area contributed by atoms with Gasteiger partial charge in [-0.1, -0.05) is 6.42 Å². The van der Waals surface area contributed by atoms with Gasteiger partial charge in [-0.2, -0.15) is 0 Å². The molecule has 16 heavy (non-hydrogen) atoms. The Balaban J connectivity index is 1.81. The molecule has 3 rings (SSSR count). The maximum Gasteiger partial charge on any atom is 0.191 e. The van der Waals surface area contributed by atoms with E-state index in [1.165, 1.54) is 25.7 Å². The molecule has 4 heteroatoms. The van der Waals surface area contributed by atoms with E-state index in [0.29, 0.717) is 29.4 Å². The molecule has 1 aliphatic heterocycles. The normalized spacial score (nSPS) is 40.1. The predicted octanol–water partition coefficient (Wildman–Crippen LogP) is 0.820. The van der Waals surface area contributed by atoms with E-state index in [4.69, 9.17) is 15.5 Å². The van der Waals surface area contributed by atoms with Crippen LogP contribution in [0.1, 0.15) is 25.7 Å². The van der Waals surface area contributed by atoms with Crippen molar-refractivity contribution in [2.45, 2.75) is 37.8 Å². The number of fused-ring (bicyclic) bond motifs is 2. The molecule has 90 valence electrons. The van der Waals surface area contributed by atoms with Crippen molar-refractivity contribution in [2.24, 2.45) is 22.1 Å². The lowest BCUT2D eigenvalue weighted by Gasteiger charge is -2.61. The molecule has 0 amide bonds. The molecule has 3 atom stereocenters. The van der Waals surface area contributed by atoms with Crippen LogP contribution in [0.4, 0.5) is 0 Å². The third-order valence-electron chi connectivity index (χ3n) is 4.71. The first-order valence-corrected chi connectivity index (χ1v) is 6.27. The molecule has 0 radical (unpaired) electrons. The van der Waals surface area contributed by atoms with Gasteiger partial charge >= 0.3 is 0 Å². The number of nitrogens with zero attached hydrogens (tertiary/aromatic N) is 2. The summed E-state index contributed by atoms with van der Waals surface area (Å²) in [7, 11) is 3.90. The highest BCUT2D eigenvalue weighted by Gasteiger charge is 2.66. The minimum absolute atomic E-state index is 0.363. The molecule has 0 bridgehead atoms. The Kier molecular flexibility index (Phi) is 2.18. The number of hydrogen-bond acceptors (Lipinski definition) is 2. The van der Waals surface area contributed by atoms with Crippen molar-refractivity contribution in [3.63, 3.8) is 0 Å². The first-order valence-electron chi connectivity index (χ1n) is 6.27. The first kappa shape index (κ1) is 10.4. The summed E-state index contributed by atoms with van der Waals surface area (Å²) >= 11 is 0. The minimum atomic E-state index is 0.363. The average molecular weight is 223 g/mol. The average Bonchev–Trinajstić information content (AvgIpc) is 2.56. The number of nitrogens with two attached hydrogens (primary N) is 1. The Morgan fingerprint density at radius 2 is 2.19 bits per heavy atom. The minimum Gasteiger partial charge on any atom is -0.377 e. The molecule has 1 spiro atoms. The SMILES string of the molecule is CN(C)C(N)=NC1C2CCOC2C12CCC2. The summed E-state index contributed by atoms with van der Waals surface area (Å²) in [5.41, 5.74) is 6.31. The molecular formula is C12H21N3O. The van der Waals surface area contributed by atoms with Crippen molar-refractivity contribution in [3.8, 4) is 0 Å². The maximum absolute atomic E-state index is 5.94. The summed E-state index contributed by atoms with van der Waals surface area (Å²) in [5.74, 6) is 1.31. The molecule has 2 saturated carbocycles. The fourth-order valence-electron chi connectivity index (χ4n) is 3.65. The highest BCUT2D eigenvalue weighted by atomic mass is 16.5. The van der Waals surface area contributed by atoms with Gasteiger partial charge in [-0.25, -0.2) is 4.99 Å². The third-order valence-corrected chi connectivity index (χ3v) is 4.71. The second-order valence-electron chi connectivity index (χ2n) is 5.66. The van der Waals surface area contributed by atoms with Gasteiger partial charge in [0.2, 0.25) is 0 Å². The van der Waals surface area contributed by atoms with Gasteiger partial charge < -0.3 is 15.4 Å². The molecule has 4 nitrogen and oxygen atoms in total. The molecule has 0 aromatic rings. The topological polar surface area (TPSA) is 50.8 Å².